The summed E-state index contributed by atoms with van der Waals surface area (Å²) in [5, 5.41) is 3.95. The summed E-state index contributed by atoms with van der Waals surface area (Å²) in [6, 6.07) is 0.450. The van der Waals surface area contributed by atoms with E-state index in [1.807, 2.05) is 12.2 Å². The minimum absolute atomic E-state index is 0.356. The Morgan fingerprint density at radius 1 is 1.23 bits per heavy atom. The minimum Gasteiger partial charge on any atom is -0.452 e. The standard InChI is InChI=1S/C13H13ClF2N2O4/c1-2-3-17-13(21)18-11(19)6-22-12(20)7-4-9(15)10(16)5-8(7)14/h4-5H,2-3,6H2,1H3,(H2,17,18,19,21). The molecule has 1 aromatic rings. The first-order chi connectivity index (χ1) is 10.3. The number of urea groups is 1. The Bertz CT molecular complexity index is 596. The molecule has 0 fully saturated rings. The summed E-state index contributed by atoms with van der Waals surface area (Å²) in [5.74, 6) is -4.49. The molecule has 0 spiro atoms. The van der Waals surface area contributed by atoms with Crippen molar-refractivity contribution in [1.82, 2.24) is 10.6 Å². The first-order valence-electron chi connectivity index (χ1n) is 6.24. The van der Waals surface area contributed by atoms with Crippen LogP contribution in [0.4, 0.5) is 13.6 Å². The first kappa shape index (κ1) is 17.8. The highest BCUT2D eigenvalue weighted by Gasteiger charge is 2.18. The monoisotopic (exact) mass is 334 g/mol. The van der Waals surface area contributed by atoms with Gasteiger partial charge < -0.3 is 10.1 Å². The number of imide groups is 1. The van der Waals surface area contributed by atoms with E-state index >= 15 is 0 Å². The summed E-state index contributed by atoms with van der Waals surface area (Å²) >= 11 is 5.58. The van der Waals surface area contributed by atoms with Crippen LogP contribution in [-0.4, -0.2) is 31.1 Å². The van der Waals surface area contributed by atoms with Gasteiger partial charge in [-0.1, -0.05) is 18.5 Å². The molecule has 0 aliphatic rings. The molecule has 120 valence electrons. The van der Waals surface area contributed by atoms with Crippen LogP contribution in [0.5, 0.6) is 0 Å². The molecule has 1 aromatic carbocycles. The van der Waals surface area contributed by atoms with Crippen LogP contribution in [0.2, 0.25) is 5.02 Å². The molecule has 22 heavy (non-hydrogen) atoms. The second-order valence-electron chi connectivity index (χ2n) is 4.13. The van der Waals surface area contributed by atoms with E-state index in [4.69, 9.17) is 11.6 Å². The van der Waals surface area contributed by atoms with Gasteiger partial charge >= 0.3 is 12.0 Å². The second-order valence-corrected chi connectivity index (χ2v) is 4.53. The molecule has 2 N–H and O–H groups in total. The first-order valence-corrected chi connectivity index (χ1v) is 6.62. The summed E-state index contributed by atoms with van der Waals surface area (Å²) in [5.41, 5.74) is -0.427. The molecular formula is C13H13ClF2N2O4. The van der Waals surface area contributed by atoms with Gasteiger partial charge in [0, 0.05) is 6.54 Å². The highest BCUT2D eigenvalue weighted by Crippen LogP contribution is 2.20. The lowest BCUT2D eigenvalue weighted by atomic mass is 10.2. The van der Waals surface area contributed by atoms with Gasteiger partial charge in [-0.25, -0.2) is 18.4 Å². The summed E-state index contributed by atoms with van der Waals surface area (Å²) < 4.78 is 30.5. The normalized spacial score (nSPS) is 10.0. The Balaban J connectivity index is 2.54. The fraction of sp³-hybridized carbons (Fsp3) is 0.308. The number of ether oxygens (including phenoxy) is 1. The summed E-state index contributed by atoms with van der Waals surface area (Å²) in [6.07, 6.45) is 0.686. The predicted molar refractivity (Wildman–Crippen MR) is 73.5 cm³/mol. The van der Waals surface area contributed by atoms with Gasteiger partial charge in [0.05, 0.1) is 10.6 Å². The summed E-state index contributed by atoms with van der Waals surface area (Å²) in [7, 11) is 0. The topological polar surface area (TPSA) is 84.5 Å². The van der Waals surface area contributed by atoms with Crippen molar-refractivity contribution in [3.8, 4) is 0 Å². The van der Waals surface area contributed by atoms with Crippen molar-refractivity contribution >= 4 is 29.5 Å². The van der Waals surface area contributed by atoms with Gasteiger partial charge in [-0.15, -0.1) is 0 Å². The van der Waals surface area contributed by atoms with E-state index in [0.29, 0.717) is 25.1 Å². The molecule has 0 bridgehead atoms. The van der Waals surface area contributed by atoms with Gasteiger partial charge in [-0.2, -0.15) is 0 Å². The van der Waals surface area contributed by atoms with Gasteiger partial charge in [0.1, 0.15) is 0 Å². The van der Waals surface area contributed by atoms with Crippen LogP contribution >= 0.6 is 11.6 Å². The van der Waals surface area contributed by atoms with Crippen molar-refractivity contribution in [2.45, 2.75) is 13.3 Å². The number of benzene rings is 1. The SMILES string of the molecule is CCCNC(=O)NC(=O)COC(=O)c1cc(F)c(F)cc1Cl. The summed E-state index contributed by atoms with van der Waals surface area (Å²) in [6.45, 7) is 1.44. The molecule has 0 unspecified atom stereocenters. The smallest absolute Gasteiger partial charge is 0.340 e. The quantitative estimate of drug-likeness (QED) is 0.637. The van der Waals surface area contributed by atoms with Gasteiger partial charge in [0.15, 0.2) is 18.2 Å². The molecule has 0 saturated heterocycles. The molecule has 0 aliphatic carbocycles. The molecule has 6 nitrogen and oxygen atoms in total. The van der Waals surface area contributed by atoms with E-state index in [1.54, 1.807) is 0 Å². The lowest BCUT2D eigenvalue weighted by Crippen LogP contribution is -2.41. The number of esters is 1. The molecule has 0 heterocycles. The van der Waals surface area contributed by atoms with Crippen LogP contribution in [0.15, 0.2) is 12.1 Å². The highest BCUT2D eigenvalue weighted by atomic mass is 35.5. The number of nitrogens with one attached hydrogen (secondary N) is 2. The maximum Gasteiger partial charge on any atom is 0.340 e. The van der Waals surface area contributed by atoms with Crippen LogP contribution in [0.3, 0.4) is 0 Å². The Morgan fingerprint density at radius 3 is 2.50 bits per heavy atom. The average Bonchev–Trinajstić information content (AvgIpc) is 2.46. The number of hydrogen-bond acceptors (Lipinski definition) is 4. The third-order valence-corrected chi connectivity index (χ3v) is 2.67. The van der Waals surface area contributed by atoms with Gasteiger partial charge in [0.25, 0.3) is 5.91 Å². The van der Waals surface area contributed by atoms with Crippen molar-refractivity contribution in [2.75, 3.05) is 13.2 Å². The molecule has 3 amide bonds. The predicted octanol–water partition coefficient (Wildman–Crippen LogP) is 2.01. The number of hydrogen-bond donors (Lipinski definition) is 2. The van der Waals surface area contributed by atoms with Crippen molar-refractivity contribution in [2.24, 2.45) is 0 Å². The van der Waals surface area contributed by atoms with Crippen LogP contribution in [0.1, 0.15) is 23.7 Å². The molecule has 0 aliphatic heterocycles. The zero-order valence-electron chi connectivity index (χ0n) is 11.5. The van der Waals surface area contributed by atoms with E-state index in [2.05, 4.69) is 10.1 Å². The van der Waals surface area contributed by atoms with E-state index < -0.39 is 41.7 Å². The average molecular weight is 335 g/mol. The summed E-state index contributed by atoms with van der Waals surface area (Å²) in [4.78, 5) is 34.1. The lowest BCUT2D eigenvalue weighted by molar-refractivity contribution is -0.123. The van der Waals surface area contributed by atoms with E-state index in [-0.39, 0.29) is 5.02 Å². The Kier molecular flexibility index (Phi) is 6.71. The Hall–Kier alpha value is -2.22. The largest absolute Gasteiger partial charge is 0.452 e. The molecule has 0 radical (unpaired) electrons. The number of carbonyl (C=O) groups excluding carboxylic acids is 3. The zero-order chi connectivity index (χ0) is 16.7. The fourth-order valence-electron chi connectivity index (χ4n) is 1.33. The second kappa shape index (κ2) is 8.28. The third kappa shape index (κ3) is 5.28. The number of halogens is 3. The molecule has 0 aromatic heterocycles. The molecule has 0 atom stereocenters. The Morgan fingerprint density at radius 2 is 1.86 bits per heavy atom. The van der Waals surface area contributed by atoms with Crippen LogP contribution in [0, 0.1) is 11.6 Å². The van der Waals surface area contributed by atoms with Crippen LogP contribution in [-0.2, 0) is 9.53 Å². The fourth-order valence-corrected chi connectivity index (χ4v) is 1.56. The van der Waals surface area contributed by atoms with Gasteiger partial charge in [-0.3, -0.25) is 10.1 Å². The molecule has 9 heteroatoms. The van der Waals surface area contributed by atoms with Crippen molar-refractivity contribution in [3.05, 3.63) is 34.4 Å². The number of rotatable bonds is 5. The molecular weight excluding hydrogens is 322 g/mol. The maximum atomic E-state index is 13.0. The third-order valence-electron chi connectivity index (χ3n) is 2.35. The van der Waals surface area contributed by atoms with Crippen molar-refractivity contribution in [1.29, 1.82) is 0 Å². The van der Waals surface area contributed by atoms with Crippen molar-refractivity contribution in [3.63, 3.8) is 0 Å². The molecule has 1 rings (SSSR count). The minimum atomic E-state index is -1.28. The molecule has 0 saturated carbocycles. The Labute approximate surface area is 129 Å². The van der Waals surface area contributed by atoms with Crippen LogP contribution in [0.25, 0.3) is 0 Å². The van der Waals surface area contributed by atoms with E-state index in [0.717, 1.165) is 0 Å². The number of carbonyl (C=O) groups is 3. The lowest BCUT2D eigenvalue weighted by Gasteiger charge is -2.08. The van der Waals surface area contributed by atoms with Crippen molar-refractivity contribution < 1.29 is 27.9 Å². The number of amides is 3. The van der Waals surface area contributed by atoms with E-state index in [9.17, 15) is 23.2 Å². The van der Waals surface area contributed by atoms with Gasteiger partial charge in [-0.05, 0) is 18.6 Å². The highest BCUT2D eigenvalue weighted by molar-refractivity contribution is 6.33. The van der Waals surface area contributed by atoms with Crippen LogP contribution < -0.4 is 10.6 Å². The van der Waals surface area contributed by atoms with Gasteiger partial charge in [0.2, 0.25) is 0 Å². The van der Waals surface area contributed by atoms with E-state index in [1.165, 1.54) is 0 Å². The maximum absolute atomic E-state index is 13.0. The zero-order valence-corrected chi connectivity index (χ0v) is 12.3.